The number of benzene rings is 2. The van der Waals surface area contributed by atoms with E-state index < -0.39 is 10.0 Å². The average Bonchev–Trinajstić information content (AvgIpc) is 2.69. The summed E-state index contributed by atoms with van der Waals surface area (Å²) in [6.07, 6.45) is 2.04. The maximum absolute atomic E-state index is 12.6. The Morgan fingerprint density at radius 2 is 1.76 bits per heavy atom. The Morgan fingerprint density at radius 1 is 1.10 bits per heavy atom. The monoisotopic (exact) mass is 416 g/mol. The van der Waals surface area contributed by atoms with Gasteiger partial charge in [0, 0.05) is 18.8 Å². The van der Waals surface area contributed by atoms with E-state index in [0.717, 1.165) is 31.5 Å². The smallest absolute Gasteiger partial charge is 0.261 e. The van der Waals surface area contributed by atoms with Gasteiger partial charge in [-0.05, 0) is 68.5 Å². The molecule has 156 valence electrons. The second-order valence-electron chi connectivity index (χ2n) is 7.75. The Bertz CT molecular complexity index is 963. The number of hydrogen-bond donors (Lipinski definition) is 1. The number of sulfonamides is 1. The van der Waals surface area contributed by atoms with E-state index in [1.54, 1.807) is 31.2 Å². The van der Waals surface area contributed by atoms with Crippen LogP contribution in [0.25, 0.3) is 0 Å². The fourth-order valence-electron chi connectivity index (χ4n) is 3.28. The lowest BCUT2D eigenvalue weighted by atomic mass is 9.99. The highest BCUT2D eigenvalue weighted by molar-refractivity contribution is 7.92. The van der Waals surface area contributed by atoms with Crippen LogP contribution in [-0.2, 0) is 14.8 Å². The normalized spacial score (nSPS) is 15.2. The van der Waals surface area contributed by atoms with Crippen molar-refractivity contribution in [2.24, 2.45) is 5.92 Å². The highest BCUT2D eigenvalue weighted by atomic mass is 32.2. The van der Waals surface area contributed by atoms with Gasteiger partial charge in [0.15, 0.2) is 6.61 Å². The van der Waals surface area contributed by atoms with Crippen molar-refractivity contribution in [3.63, 3.8) is 0 Å². The molecule has 1 aliphatic rings. The van der Waals surface area contributed by atoms with Crippen molar-refractivity contribution < 1.29 is 17.9 Å². The maximum Gasteiger partial charge on any atom is 0.261 e. The van der Waals surface area contributed by atoms with Gasteiger partial charge < -0.3 is 9.64 Å². The number of aryl methyl sites for hydroxylation is 2. The molecule has 29 heavy (non-hydrogen) atoms. The van der Waals surface area contributed by atoms with Crippen molar-refractivity contribution in [3.05, 3.63) is 53.6 Å². The van der Waals surface area contributed by atoms with E-state index >= 15 is 0 Å². The topological polar surface area (TPSA) is 75.7 Å². The highest BCUT2D eigenvalue weighted by Gasteiger charge is 2.21. The first-order chi connectivity index (χ1) is 13.7. The van der Waals surface area contributed by atoms with Crippen molar-refractivity contribution in [3.8, 4) is 5.75 Å². The number of amides is 1. The minimum atomic E-state index is -3.70. The molecule has 6 nitrogen and oxygen atoms in total. The van der Waals surface area contributed by atoms with E-state index in [9.17, 15) is 13.2 Å². The summed E-state index contributed by atoms with van der Waals surface area (Å²) < 4.78 is 33.5. The number of nitrogens with zero attached hydrogens (tertiary/aromatic N) is 1. The fourth-order valence-corrected chi connectivity index (χ4v) is 4.42. The summed E-state index contributed by atoms with van der Waals surface area (Å²) in [5, 5.41) is 0. The number of carbonyl (C=O) groups is 1. The first-order valence-corrected chi connectivity index (χ1v) is 11.3. The van der Waals surface area contributed by atoms with E-state index in [4.69, 9.17) is 4.74 Å². The number of likely N-dealkylation sites (tertiary alicyclic amines) is 1. The number of hydrogen-bond acceptors (Lipinski definition) is 4. The molecule has 1 fully saturated rings. The van der Waals surface area contributed by atoms with Gasteiger partial charge in [0.2, 0.25) is 0 Å². The van der Waals surface area contributed by atoms with Crippen molar-refractivity contribution >= 4 is 21.6 Å². The number of anilines is 1. The van der Waals surface area contributed by atoms with Crippen LogP contribution in [0.5, 0.6) is 5.75 Å². The van der Waals surface area contributed by atoms with Gasteiger partial charge in [0.1, 0.15) is 5.75 Å². The second-order valence-corrected chi connectivity index (χ2v) is 9.43. The van der Waals surface area contributed by atoms with Crippen molar-refractivity contribution in [2.45, 2.75) is 38.5 Å². The standard InChI is InChI=1S/C22H28N2O4S/c1-16-4-6-19(7-5-16)23-29(26,27)20-8-9-21(18(3)14-20)28-15-22(25)24-12-10-17(2)11-13-24/h4-9,14,17,23H,10-13,15H2,1-3H3. The summed E-state index contributed by atoms with van der Waals surface area (Å²) in [4.78, 5) is 14.3. The van der Waals surface area contributed by atoms with Crippen LogP contribution in [0.1, 0.15) is 30.9 Å². The van der Waals surface area contributed by atoms with Gasteiger partial charge in [-0.3, -0.25) is 9.52 Å². The molecule has 0 radical (unpaired) electrons. The molecule has 0 saturated carbocycles. The molecule has 1 N–H and O–H groups in total. The maximum atomic E-state index is 12.6. The lowest BCUT2D eigenvalue weighted by Crippen LogP contribution is -2.40. The van der Waals surface area contributed by atoms with Crippen molar-refractivity contribution in [1.82, 2.24) is 4.90 Å². The van der Waals surface area contributed by atoms with E-state index in [-0.39, 0.29) is 17.4 Å². The summed E-state index contributed by atoms with van der Waals surface area (Å²) >= 11 is 0. The van der Waals surface area contributed by atoms with Crippen LogP contribution in [0, 0.1) is 19.8 Å². The largest absolute Gasteiger partial charge is 0.483 e. The molecule has 0 aromatic heterocycles. The Morgan fingerprint density at radius 3 is 2.38 bits per heavy atom. The summed E-state index contributed by atoms with van der Waals surface area (Å²) in [6, 6.07) is 11.8. The number of rotatable bonds is 6. The molecule has 7 heteroatoms. The molecule has 1 saturated heterocycles. The molecule has 1 amide bonds. The summed E-state index contributed by atoms with van der Waals surface area (Å²) in [6.45, 7) is 7.41. The van der Waals surface area contributed by atoms with Crippen LogP contribution < -0.4 is 9.46 Å². The predicted molar refractivity (Wildman–Crippen MR) is 114 cm³/mol. The summed E-state index contributed by atoms with van der Waals surface area (Å²) in [7, 11) is -3.70. The SMILES string of the molecule is Cc1ccc(NS(=O)(=O)c2ccc(OCC(=O)N3CCC(C)CC3)c(C)c2)cc1. The molecule has 0 spiro atoms. The van der Waals surface area contributed by atoms with Crippen LogP contribution in [-0.4, -0.2) is 38.9 Å². The molecule has 2 aromatic carbocycles. The van der Waals surface area contributed by atoms with E-state index in [1.165, 1.54) is 6.07 Å². The van der Waals surface area contributed by atoms with Crippen LogP contribution in [0.15, 0.2) is 47.4 Å². The van der Waals surface area contributed by atoms with Gasteiger partial charge in [0.25, 0.3) is 15.9 Å². The lowest BCUT2D eigenvalue weighted by Gasteiger charge is -2.30. The lowest BCUT2D eigenvalue weighted by molar-refractivity contribution is -0.134. The minimum absolute atomic E-state index is 0.0333. The number of ether oxygens (including phenoxy) is 1. The van der Waals surface area contributed by atoms with Crippen LogP contribution in [0.4, 0.5) is 5.69 Å². The number of piperidine rings is 1. The third-order valence-corrected chi connectivity index (χ3v) is 6.63. The first kappa shape index (κ1) is 21.2. The zero-order chi connectivity index (χ0) is 21.0. The molecule has 0 aliphatic carbocycles. The Kier molecular flexibility index (Phi) is 6.47. The molecular formula is C22H28N2O4S. The molecule has 3 rings (SSSR count). The summed E-state index contributed by atoms with van der Waals surface area (Å²) in [5.41, 5.74) is 2.23. The van der Waals surface area contributed by atoms with E-state index in [2.05, 4.69) is 11.6 Å². The third-order valence-electron chi connectivity index (χ3n) is 5.25. The van der Waals surface area contributed by atoms with E-state index in [1.807, 2.05) is 24.0 Å². The van der Waals surface area contributed by atoms with Crippen LogP contribution in [0.3, 0.4) is 0 Å². The van der Waals surface area contributed by atoms with Crippen molar-refractivity contribution in [1.29, 1.82) is 0 Å². The molecule has 0 unspecified atom stereocenters. The Balaban J connectivity index is 1.63. The minimum Gasteiger partial charge on any atom is -0.483 e. The van der Waals surface area contributed by atoms with Gasteiger partial charge >= 0.3 is 0 Å². The summed E-state index contributed by atoms with van der Waals surface area (Å²) in [5.74, 6) is 1.14. The van der Waals surface area contributed by atoms with Gasteiger partial charge in [0.05, 0.1) is 4.90 Å². The molecule has 0 bridgehead atoms. The molecule has 1 aliphatic heterocycles. The molecule has 1 heterocycles. The van der Waals surface area contributed by atoms with Gasteiger partial charge in [-0.15, -0.1) is 0 Å². The zero-order valence-electron chi connectivity index (χ0n) is 17.1. The molecule has 2 aromatic rings. The van der Waals surface area contributed by atoms with E-state index in [0.29, 0.717) is 22.9 Å². The van der Waals surface area contributed by atoms with Crippen LogP contribution >= 0.6 is 0 Å². The molecule has 0 atom stereocenters. The van der Waals surface area contributed by atoms with Gasteiger partial charge in [-0.1, -0.05) is 24.6 Å². The Labute approximate surface area is 172 Å². The average molecular weight is 417 g/mol. The quantitative estimate of drug-likeness (QED) is 0.778. The second kappa shape index (κ2) is 8.86. The number of nitrogens with one attached hydrogen (secondary N) is 1. The van der Waals surface area contributed by atoms with Crippen LogP contribution in [0.2, 0.25) is 0 Å². The fraction of sp³-hybridized carbons (Fsp3) is 0.409. The van der Waals surface area contributed by atoms with Crippen molar-refractivity contribution in [2.75, 3.05) is 24.4 Å². The predicted octanol–water partition coefficient (Wildman–Crippen LogP) is 3.74. The van der Waals surface area contributed by atoms with Gasteiger partial charge in [-0.2, -0.15) is 0 Å². The first-order valence-electron chi connectivity index (χ1n) is 9.85. The molecular weight excluding hydrogens is 388 g/mol. The van der Waals surface area contributed by atoms with Gasteiger partial charge in [-0.25, -0.2) is 8.42 Å². The third kappa shape index (κ3) is 5.50. The number of carbonyl (C=O) groups excluding carboxylic acids is 1. The highest BCUT2D eigenvalue weighted by Crippen LogP contribution is 2.24. The Hall–Kier alpha value is -2.54. The zero-order valence-corrected chi connectivity index (χ0v) is 18.0.